The number of hydrogen-bond acceptors (Lipinski definition) is 8. The molecular formula is C26H24F3N3O7. The van der Waals surface area contributed by atoms with Gasteiger partial charge in [-0.05, 0) is 38.7 Å². The standard InChI is InChI=1S/C24H23N3O5.C2HF3O2/c1-4-24(32-20(28)12-26(2)3)17-10-19-21-15(9-14-7-5-6-8-18(14)25-21)11-27(19)22(29)16(17)13-31-23(24)30;3-2(4,5)1(6)7/h5-10H,4,11-13H2,1-3H3;(H,6,7)/t24-;/m0./s1. The summed E-state index contributed by atoms with van der Waals surface area (Å²) in [5, 5.41) is 8.12. The molecule has 1 aromatic carbocycles. The molecule has 0 amide bonds. The average molecular weight is 547 g/mol. The molecule has 4 heterocycles. The average Bonchev–Trinajstić information content (AvgIpc) is 3.21. The summed E-state index contributed by atoms with van der Waals surface area (Å²) in [6.45, 7) is 1.99. The van der Waals surface area contributed by atoms with Gasteiger partial charge in [-0.25, -0.2) is 14.6 Å². The summed E-state index contributed by atoms with van der Waals surface area (Å²) in [5.74, 6) is -3.98. The van der Waals surface area contributed by atoms with Crippen LogP contribution in [0.3, 0.4) is 0 Å². The number of benzene rings is 1. The van der Waals surface area contributed by atoms with Crippen LogP contribution in [-0.2, 0) is 42.6 Å². The van der Waals surface area contributed by atoms with E-state index < -0.39 is 29.7 Å². The molecule has 2 aromatic heterocycles. The summed E-state index contributed by atoms with van der Waals surface area (Å²) in [6.07, 6.45) is -4.93. The summed E-state index contributed by atoms with van der Waals surface area (Å²) >= 11 is 0. The highest BCUT2D eigenvalue weighted by Gasteiger charge is 2.50. The Balaban J connectivity index is 0.000000448. The molecule has 3 aromatic rings. The van der Waals surface area contributed by atoms with Crippen molar-refractivity contribution in [2.75, 3.05) is 20.6 Å². The van der Waals surface area contributed by atoms with Crippen LogP contribution in [0.25, 0.3) is 22.3 Å². The van der Waals surface area contributed by atoms with Gasteiger partial charge in [-0.3, -0.25) is 14.5 Å². The summed E-state index contributed by atoms with van der Waals surface area (Å²) in [4.78, 5) is 54.2. The molecule has 0 spiro atoms. The molecule has 0 fully saturated rings. The molecule has 0 radical (unpaired) electrons. The van der Waals surface area contributed by atoms with E-state index in [4.69, 9.17) is 24.4 Å². The minimum atomic E-state index is -5.08. The Morgan fingerprint density at radius 3 is 2.49 bits per heavy atom. The first kappa shape index (κ1) is 27.8. The Kier molecular flexibility index (Phi) is 7.21. The van der Waals surface area contributed by atoms with E-state index >= 15 is 0 Å². The lowest BCUT2D eigenvalue weighted by atomic mass is 9.85. The number of para-hydroxylation sites is 1. The van der Waals surface area contributed by atoms with E-state index in [1.54, 1.807) is 36.6 Å². The van der Waals surface area contributed by atoms with Crippen molar-refractivity contribution in [3.05, 3.63) is 63.4 Å². The van der Waals surface area contributed by atoms with Crippen molar-refractivity contribution in [3.8, 4) is 11.4 Å². The van der Waals surface area contributed by atoms with Crippen molar-refractivity contribution in [1.82, 2.24) is 14.5 Å². The number of esters is 2. The zero-order valence-corrected chi connectivity index (χ0v) is 21.2. The van der Waals surface area contributed by atoms with Crippen LogP contribution in [0.4, 0.5) is 13.2 Å². The van der Waals surface area contributed by atoms with Crippen molar-refractivity contribution in [2.24, 2.45) is 0 Å². The minimum absolute atomic E-state index is 0.00463. The number of ether oxygens (including phenoxy) is 2. The number of fused-ring (bicyclic) bond motifs is 5. The Morgan fingerprint density at radius 2 is 1.87 bits per heavy atom. The minimum Gasteiger partial charge on any atom is -0.475 e. The fourth-order valence-electron chi connectivity index (χ4n) is 4.57. The monoisotopic (exact) mass is 547 g/mol. The zero-order valence-electron chi connectivity index (χ0n) is 21.2. The van der Waals surface area contributed by atoms with Gasteiger partial charge in [-0.15, -0.1) is 0 Å². The highest BCUT2D eigenvalue weighted by Crippen LogP contribution is 2.40. The largest absolute Gasteiger partial charge is 0.490 e. The fraction of sp³-hybridized carbons (Fsp3) is 0.346. The highest BCUT2D eigenvalue weighted by atomic mass is 19.4. The molecule has 5 rings (SSSR count). The quantitative estimate of drug-likeness (QED) is 0.384. The SMILES string of the molecule is CC[C@@]1(OC(=O)CN(C)C)C(=O)OCc2c1cc1n(c2=O)Cc2cc3ccccc3nc2-1.O=C(O)C(F)(F)F. The maximum absolute atomic E-state index is 13.4. The number of carbonyl (C=O) groups is 3. The summed E-state index contributed by atoms with van der Waals surface area (Å²) in [5.41, 5.74) is 1.89. The Hall–Kier alpha value is -4.26. The third-order valence-corrected chi connectivity index (χ3v) is 6.36. The summed E-state index contributed by atoms with van der Waals surface area (Å²) in [7, 11) is 3.47. The van der Waals surface area contributed by atoms with Crippen LogP contribution < -0.4 is 5.56 Å². The number of carbonyl (C=O) groups excluding carboxylic acids is 2. The van der Waals surface area contributed by atoms with Crippen molar-refractivity contribution >= 4 is 28.8 Å². The maximum atomic E-state index is 13.4. The van der Waals surface area contributed by atoms with Crippen molar-refractivity contribution in [3.63, 3.8) is 0 Å². The molecule has 0 saturated carbocycles. The van der Waals surface area contributed by atoms with E-state index in [0.717, 1.165) is 16.5 Å². The number of hydrogen-bond donors (Lipinski definition) is 1. The van der Waals surface area contributed by atoms with E-state index in [2.05, 4.69) is 0 Å². The first-order chi connectivity index (χ1) is 18.3. The van der Waals surface area contributed by atoms with Gasteiger partial charge in [0.05, 0.1) is 35.6 Å². The van der Waals surface area contributed by atoms with E-state index in [1.165, 1.54) is 0 Å². The van der Waals surface area contributed by atoms with Gasteiger partial charge in [0.2, 0.25) is 5.60 Å². The van der Waals surface area contributed by atoms with Crippen LogP contribution in [0.5, 0.6) is 0 Å². The van der Waals surface area contributed by atoms with Crippen LogP contribution in [0, 0.1) is 0 Å². The summed E-state index contributed by atoms with van der Waals surface area (Å²) in [6, 6.07) is 11.6. The number of likely N-dealkylation sites (N-methyl/N-ethyl adjacent to an activating group) is 1. The number of aromatic nitrogens is 2. The molecule has 0 unspecified atom stereocenters. The third kappa shape index (κ3) is 5.09. The molecule has 206 valence electrons. The fourth-order valence-corrected chi connectivity index (χ4v) is 4.57. The number of pyridine rings is 2. The van der Waals surface area contributed by atoms with E-state index in [-0.39, 0.29) is 25.1 Å². The molecule has 13 heteroatoms. The zero-order chi connectivity index (χ0) is 28.7. The highest BCUT2D eigenvalue weighted by molar-refractivity contribution is 5.88. The van der Waals surface area contributed by atoms with Crippen molar-refractivity contribution < 1.29 is 42.1 Å². The van der Waals surface area contributed by atoms with E-state index in [0.29, 0.717) is 29.1 Å². The number of nitrogens with zero attached hydrogens (tertiary/aromatic N) is 3. The van der Waals surface area contributed by atoms with Crippen LogP contribution in [0.2, 0.25) is 0 Å². The predicted octanol–water partition coefficient (Wildman–Crippen LogP) is 2.83. The van der Waals surface area contributed by atoms with Crippen LogP contribution >= 0.6 is 0 Å². The smallest absolute Gasteiger partial charge is 0.475 e. The van der Waals surface area contributed by atoms with Crippen molar-refractivity contribution in [2.45, 2.75) is 38.3 Å². The third-order valence-electron chi connectivity index (χ3n) is 6.36. The number of rotatable bonds is 4. The van der Waals surface area contributed by atoms with E-state index in [1.807, 2.05) is 30.3 Å². The second-order valence-electron chi connectivity index (χ2n) is 9.27. The first-order valence-electron chi connectivity index (χ1n) is 11.8. The van der Waals surface area contributed by atoms with Gasteiger partial charge >= 0.3 is 24.1 Å². The number of aliphatic carboxylic acids is 1. The van der Waals surface area contributed by atoms with Crippen LogP contribution in [0.1, 0.15) is 30.0 Å². The Morgan fingerprint density at radius 1 is 1.21 bits per heavy atom. The number of carboxylic acids is 1. The van der Waals surface area contributed by atoms with Crippen LogP contribution in [0.15, 0.2) is 41.2 Å². The van der Waals surface area contributed by atoms with Gasteiger partial charge < -0.3 is 19.1 Å². The normalized spacial score (nSPS) is 17.5. The second-order valence-corrected chi connectivity index (χ2v) is 9.27. The first-order valence-corrected chi connectivity index (χ1v) is 11.8. The number of carboxylic acid groups (broad SMARTS) is 1. The number of halogens is 3. The molecule has 39 heavy (non-hydrogen) atoms. The second kappa shape index (κ2) is 10.1. The van der Waals surface area contributed by atoms with Gasteiger partial charge in [-0.1, -0.05) is 25.1 Å². The van der Waals surface area contributed by atoms with Crippen LogP contribution in [-0.4, -0.2) is 64.3 Å². The molecular weight excluding hydrogens is 523 g/mol. The Bertz CT molecular complexity index is 1550. The number of cyclic esters (lactones) is 1. The lowest BCUT2D eigenvalue weighted by Crippen LogP contribution is -2.48. The lowest BCUT2D eigenvalue weighted by molar-refractivity contribution is -0.192. The van der Waals surface area contributed by atoms with Gasteiger partial charge in [0.1, 0.15) is 6.61 Å². The topological polar surface area (TPSA) is 128 Å². The maximum Gasteiger partial charge on any atom is 0.490 e. The predicted molar refractivity (Wildman–Crippen MR) is 131 cm³/mol. The van der Waals surface area contributed by atoms with Gasteiger partial charge in [-0.2, -0.15) is 13.2 Å². The molecule has 1 atom stereocenters. The summed E-state index contributed by atoms with van der Waals surface area (Å²) < 4.78 is 44.5. The molecule has 0 saturated heterocycles. The molecule has 10 nitrogen and oxygen atoms in total. The van der Waals surface area contributed by atoms with Gasteiger partial charge in [0.25, 0.3) is 5.56 Å². The van der Waals surface area contributed by atoms with Crippen molar-refractivity contribution in [1.29, 1.82) is 0 Å². The molecule has 0 aliphatic carbocycles. The van der Waals surface area contributed by atoms with Gasteiger partial charge in [0.15, 0.2) is 0 Å². The Labute approximate surface area is 219 Å². The van der Waals surface area contributed by atoms with E-state index in [9.17, 15) is 27.6 Å². The van der Waals surface area contributed by atoms with Gasteiger partial charge in [0, 0.05) is 16.5 Å². The molecule has 0 bridgehead atoms. The lowest BCUT2D eigenvalue weighted by Gasteiger charge is -2.35. The molecule has 2 aliphatic rings. The molecule has 1 N–H and O–H groups in total. The molecule has 2 aliphatic heterocycles. The number of alkyl halides is 3.